The molecule has 6 nitrogen and oxygen atoms in total. The summed E-state index contributed by atoms with van der Waals surface area (Å²) in [6, 6.07) is 56.7. The molecule has 7 aromatic carbocycles. The van der Waals surface area contributed by atoms with Gasteiger partial charge in [0, 0.05) is 56.4 Å². The van der Waals surface area contributed by atoms with E-state index in [-0.39, 0.29) is 11.5 Å². The number of unbranched alkanes of at least 4 members (excludes halogenated alkanes) is 2. The third-order valence-electron chi connectivity index (χ3n) is 14.3. The third kappa shape index (κ3) is 8.19. The molecule has 0 fully saturated rings. The van der Waals surface area contributed by atoms with Gasteiger partial charge in [-0.3, -0.25) is 0 Å². The summed E-state index contributed by atoms with van der Waals surface area (Å²) in [6.45, 7) is 11.4. The molecule has 2 aliphatic rings. The first kappa shape index (κ1) is 44.9. The zero-order chi connectivity index (χ0) is 48.8. The van der Waals surface area contributed by atoms with Crippen molar-refractivity contribution in [2.75, 3.05) is 4.90 Å². The average Bonchev–Trinajstić information content (AvgIpc) is 3.89. The lowest BCUT2D eigenvalue weighted by atomic mass is 9.72. The molecule has 0 saturated heterocycles. The highest BCUT2D eigenvalue weighted by molar-refractivity contribution is 7.20. The van der Waals surface area contributed by atoms with Crippen LogP contribution >= 0.6 is 11.3 Å². The molecule has 0 saturated carbocycles. The predicted molar refractivity (Wildman–Crippen MR) is 303 cm³/mol. The molecule has 0 spiro atoms. The van der Waals surface area contributed by atoms with E-state index in [0.717, 1.165) is 79.3 Å². The van der Waals surface area contributed by atoms with Crippen LogP contribution in [0.4, 0.5) is 11.4 Å². The van der Waals surface area contributed by atoms with E-state index in [0.29, 0.717) is 18.1 Å². The van der Waals surface area contributed by atoms with E-state index in [1.54, 1.807) is 11.3 Å². The summed E-state index contributed by atoms with van der Waals surface area (Å²) >= 11 is 1.72. The number of para-hydroxylation sites is 1. The first-order valence-corrected chi connectivity index (χ1v) is 25.9. The van der Waals surface area contributed by atoms with Crippen molar-refractivity contribution in [1.29, 1.82) is 0 Å². The van der Waals surface area contributed by atoms with Gasteiger partial charge in [-0.25, -0.2) is 19.9 Å². The Balaban J connectivity index is 0.992. The molecule has 0 N–H and O–H groups in total. The molecule has 0 radical (unpaired) electrons. The second kappa shape index (κ2) is 18.8. The van der Waals surface area contributed by atoms with Crippen LogP contribution in [0.15, 0.2) is 213 Å². The summed E-state index contributed by atoms with van der Waals surface area (Å²) < 4.78 is 3.55. The molecule has 12 rings (SSSR count). The Morgan fingerprint density at radius 1 is 0.639 bits per heavy atom. The van der Waals surface area contributed by atoms with E-state index in [1.165, 1.54) is 44.4 Å². The van der Waals surface area contributed by atoms with E-state index in [1.807, 2.05) is 24.3 Å². The predicted octanol–water partition coefficient (Wildman–Crippen LogP) is 16.8. The number of hydrogen-bond acceptors (Lipinski definition) is 6. The van der Waals surface area contributed by atoms with Gasteiger partial charge in [0.1, 0.15) is 10.8 Å². The normalized spacial score (nSPS) is 14.1. The van der Waals surface area contributed by atoms with Gasteiger partial charge in [-0.05, 0) is 101 Å². The lowest BCUT2D eigenvalue weighted by Crippen LogP contribution is -2.37. The van der Waals surface area contributed by atoms with Crippen molar-refractivity contribution in [3.8, 4) is 39.6 Å². The molecular weight excluding hydrogens is 897 g/mol. The molecule has 10 aromatic rings. The van der Waals surface area contributed by atoms with Crippen LogP contribution in [0.2, 0.25) is 0 Å². The molecule has 1 aliphatic heterocycles. The van der Waals surface area contributed by atoms with Crippen LogP contribution in [0.5, 0.6) is 0 Å². The van der Waals surface area contributed by atoms with E-state index >= 15 is 0 Å². The third-order valence-corrected chi connectivity index (χ3v) is 15.4. The van der Waals surface area contributed by atoms with Gasteiger partial charge in [-0.2, -0.15) is 0 Å². The van der Waals surface area contributed by atoms with Crippen molar-refractivity contribution in [2.24, 2.45) is 0 Å². The van der Waals surface area contributed by atoms with Gasteiger partial charge in [0.2, 0.25) is 0 Å². The summed E-state index contributed by atoms with van der Waals surface area (Å²) in [5.41, 5.74) is 15.5. The first-order chi connectivity index (χ1) is 35.3. The van der Waals surface area contributed by atoms with Gasteiger partial charge in [0.25, 0.3) is 0 Å². The van der Waals surface area contributed by atoms with Gasteiger partial charge in [-0.15, -0.1) is 11.3 Å². The molecule has 0 unspecified atom stereocenters. The monoisotopic (exact) mass is 950 g/mol. The number of aromatic nitrogens is 5. The fraction of sp³-hybridized carbons (Fsp3) is 0.138. The molecule has 350 valence electrons. The zero-order valence-corrected chi connectivity index (χ0v) is 41.7. The minimum Gasteiger partial charge on any atom is -0.330 e. The molecule has 1 aliphatic carbocycles. The number of hydrogen-bond donors (Lipinski definition) is 0. The highest BCUT2D eigenvalue weighted by atomic mass is 32.1. The van der Waals surface area contributed by atoms with Gasteiger partial charge >= 0.3 is 0 Å². The number of benzene rings is 7. The second-order valence-corrected chi connectivity index (χ2v) is 20.3. The van der Waals surface area contributed by atoms with Crippen molar-refractivity contribution >= 4 is 60.3 Å². The van der Waals surface area contributed by atoms with Crippen molar-refractivity contribution in [2.45, 2.75) is 57.9 Å². The van der Waals surface area contributed by atoms with Crippen LogP contribution in [0.3, 0.4) is 0 Å². The molecule has 7 heteroatoms. The minimum atomic E-state index is -0.223. The summed E-state index contributed by atoms with van der Waals surface area (Å²) in [4.78, 5) is 22.8. The maximum absolute atomic E-state index is 5.19. The Bertz CT molecular complexity index is 3800. The molecule has 72 heavy (non-hydrogen) atoms. The lowest BCUT2D eigenvalue weighted by Gasteiger charge is -2.44. The zero-order valence-electron chi connectivity index (χ0n) is 40.8. The Morgan fingerprint density at radius 2 is 1.31 bits per heavy atom. The number of nitrogens with zero attached hydrogens (tertiary/aromatic N) is 6. The molecule has 3 aromatic heterocycles. The Morgan fingerprint density at radius 3 is 2.07 bits per heavy atom. The molecule has 4 heterocycles. The highest BCUT2D eigenvalue weighted by Gasteiger charge is 2.38. The molecular formula is C65H54N6S. The van der Waals surface area contributed by atoms with Crippen LogP contribution in [-0.4, -0.2) is 30.5 Å². The van der Waals surface area contributed by atoms with Crippen LogP contribution in [-0.2, 0) is 11.8 Å². The highest BCUT2D eigenvalue weighted by Crippen LogP contribution is 2.51. The molecule has 0 bridgehead atoms. The fourth-order valence-electron chi connectivity index (χ4n) is 10.5. The van der Waals surface area contributed by atoms with Gasteiger partial charge in [0.05, 0.1) is 27.3 Å². The Hall–Kier alpha value is -8.26. The van der Waals surface area contributed by atoms with Crippen molar-refractivity contribution in [3.63, 3.8) is 0 Å². The molecule has 0 amide bonds. The smallest absolute Gasteiger partial charge is 0.163 e. The Kier molecular flexibility index (Phi) is 11.7. The van der Waals surface area contributed by atoms with E-state index in [9.17, 15) is 0 Å². The number of rotatable bonds is 12. The number of thiazole rings is 1. The first-order valence-electron chi connectivity index (χ1n) is 25.1. The van der Waals surface area contributed by atoms with Gasteiger partial charge in [0.15, 0.2) is 11.6 Å². The van der Waals surface area contributed by atoms with Crippen molar-refractivity contribution < 1.29 is 0 Å². The van der Waals surface area contributed by atoms with Crippen LogP contribution in [0, 0.1) is 0 Å². The number of allylic oxidation sites excluding steroid dienone is 7. The average molecular weight is 951 g/mol. The maximum atomic E-state index is 5.19. The quantitative estimate of drug-likeness (QED) is 0.0902. The van der Waals surface area contributed by atoms with E-state index in [2.05, 4.69) is 219 Å². The van der Waals surface area contributed by atoms with Gasteiger partial charge in [-0.1, -0.05) is 180 Å². The SMILES string of the molecule is C=C(/C=C\CCCC)c1nc2ccc3c4cc(-c5ccc6c(c5)C(C)(C)c5ccccc5N6C5C=CC=CC=C5)ccc4n(-c4ccc(-c5nc(Cc6ccccc6)nc(-c6ccccc6)n5)cc4)c3c2s1. The lowest BCUT2D eigenvalue weighted by molar-refractivity contribution is 0.623. The Labute approximate surface area is 425 Å². The van der Waals surface area contributed by atoms with Crippen LogP contribution in [0.1, 0.15) is 67.6 Å². The van der Waals surface area contributed by atoms with Crippen LogP contribution in [0.25, 0.3) is 77.2 Å². The fourth-order valence-corrected chi connectivity index (χ4v) is 11.6. The topological polar surface area (TPSA) is 59.7 Å². The molecule has 0 atom stereocenters. The minimum absolute atomic E-state index is 0.0813. The second-order valence-electron chi connectivity index (χ2n) is 19.3. The summed E-state index contributed by atoms with van der Waals surface area (Å²) in [7, 11) is 0. The van der Waals surface area contributed by atoms with Crippen LogP contribution < -0.4 is 4.90 Å². The standard InChI is InChI=1S/C65H54N6S/c1-5-6-7-12-21-43(2)64-66-55-37-36-51-52-41-47(48-33-39-58-54(42-48)65(3,4)53-28-19-20-29-57(53)70(58)49-26-17-8-9-18-27-49)32-38-56(52)71(60(51)61(55)72-64)50-34-30-46(31-35-50)63-68-59(40-44-22-13-10-14-23-44)67-62(69-63)45-24-15-11-16-25-45/h8-39,41-42,49H,2,5-7,40H2,1,3-4H3/b21-12-. The van der Waals surface area contributed by atoms with Gasteiger partial charge < -0.3 is 9.47 Å². The maximum Gasteiger partial charge on any atom is 0.163 e. The van der Waals surface area contributed by atoms with Crippen molar-refractivity contribution in [1.82, 2.24) is 24.5 Å². The summed E-state index contributed by atoms with van der Waals surface area (Å²) in [5, 5.41) is 3.30. The number of fused-ring (bicyclic) bond motifs is 7. The van der Waals surface area contributed by atoms with E-state index < -0.39 is 0 Å². The van der Waals surface area contributed by atoms with E-state index in [4.69, 9.17) is 19.9 Å². The summed E-state index contributed by atoms with van der Waals surface area (Å²) in [6.07, 6.45) is 21.4. The summed E-state index contributed by atoms with van der Waals surface area (Å²) in [5.74, 6) is 2.04. The van der Waals surface area contributed by atoms with Crippen molar-refractivity contribution in [3.05, 3.63) is 240 Å². The largest absolute Gasteiger partial charge is 0.330 e. The number of anilines is 2.